The highest BCUT2D eigenvalue weighted by atomic mass is 16.6. The number of aliphatic hydroxyl groups is 1. The SMILES string of the molecule is CC1(C)C[C@@]23[C@@H]4CC(=O)[C@@H]2COC(=O)[C@]3(O)CC[C@H]41. The van der Waals surface area contributed by atoms with Gasteiger partial charge in [0.25, 0.3) is 0 Å². The van der Waals surface area contributed by atoms with E-state index in [1.165, 1.54) is 0 Å². The molecule has 0 aromatic rings. The fraction of sp³-hybridized carbons (Fsp3) is 0.867. The predicted octanol–water partition coefficient (Wildman–Crippen LogP) is 1.31. The number of hydrogen-bond donors (Lipinski definition) is 1. The summed E-state index contributed by atoms with van der Waals surface area (Å²) >= 11 is 0. The van der Waals surface area contributed by atoms with Crippen molar-refractivity contribution in [1.82, 2.24) is 0 Å². The molecule has 4 heteroatoms. The van der Waals surface area contributed by atoms with Crippen LogP contribution < -0.4 is 0 Å². The Morgan fingerprint density at radius 2 is 2.00 bits per heavy atom. The average Bonchev–Trinajstić information content (AvgIpc) is 2.66. The van der Waals surface area contributed by atoms with Crippen LogP contribution in [0.15, 0.2) is 0 Å². The highest BCUT2D eigenvalue weighted by Gasteiger charge is 2.78. The Hall–Kier alpha value is -0.900. The highest BCUT2D eigenvalue weighted by Crippen LogP contribution is 2.74. The van der Waals surface area contributed by atoms with Gasteiger partial charge in [-0.1, -0.05) is 13.8 Å². The smallest absolute Gasteiger partial charge is 0.338 e. The Bertz CT molecular complexity index is 496. The summed E-state index contributed by atoms with van der Waals surface area (Å²) in [5, 5.41) is 11.0. The number of rotatable bonds is 0. The quantitative estimate of drug-likeness (QED) is 0.670. The van der Waals surface area contributed by atoms with E-state index in [2.05, 4.69) is 13.8 Å². The van der Waals surface area contributed by atoms with E-state index in [0.29, 0.717) is 18.8 Å². The lowest BCUT2D eigenvalue weighted by molar-refractivity contribution is -0.221. The molecule has 3 aliphatic carbocycles. The van der Waals surface area contributed by atoms with E-state index in [9.17, 15) is 14.7 Å². The molecule has 0 aromatic heterocycles. The molecule has 19 heavy (non-hydrogen) atoms. The first-order valence-electron chi connectivity index (χ1n) is 7.25. The number of carbonyl (C=O) groups is 2. The summed E-state index contributed by atoms with van der Waals surface area (Å²) < 4.78 is 5.15. The lowest BCUT2D eigenvalue weighted by Gasteiger charge is -2.52. The fourth-order valence-electron chi connectivity index (χ4n) is 6.01. The standard InChI is InChI=1S/C15H20O4/c1-13(2)7-14-9-5-11(16)10(14)6-19-12(17)15(14,18)4-3-8(9)13/h8-10,18H,3-7H2,1-2H3/t8-,9-,10+,14-,15-/m1/s1. The number of ether oxygens (including phenoxy) is 1. The molecule has 2 bridgehead atoms. The summed E-state index contributed by atoms with van der Waals surface area (Å²) in [4.78, 5) is 24.5. The van der Waals surface area contributed by atoms with Gasteiger partial charge in [-0.25, -0.2) is 4.79 Å². The second kappa shape index (κ2) is 3.05. The molecule has 104 valence electrons. The van der Waals surface area contributed by atoms with Gasteiger partial charge in [0.1, 0.15) is 12.4 Å². The molecule has 0 radical (unpaired) electrons. The minimum Gasteiger partial charge on any atom is -0.463 e. The van der Waals surface area contributed by atoms with Gasteiger partial charge in [0.05, 0.1) is 5.92 Å². The fourth-order valence-corrected chi connectivity index (χ4v) is 6.01. The third kappa shape index (κ3) is 1.04. The molecule has 0 aromatic carbocycles. The maximum Gasteiger partial charge on any atom is 0.338 e. The number of cyclic esters (lactones) is 1. The van der Waals surface area contributed by atoms with Crippen molar-refractivity contribution in [2.24, 2.45) is 28.6 Å². The van der Waals surface area contributed by atoms with Gasteiger partial charge in [0.2, 0.25) is 0 Å². The summed E-state index contributed by atoms with van der Waals surface area (Å²) in [6.07, 6.45) is 2.58. The van der Waals surface area contributed by atoms with Crippen molar-refractivity contribution in [3.8, 4) is 0 Å². The van der Waals surface area contributed by atoms with E-state index in [1.54, 1.807) is 0 Å². The van der Waals surface area contributed by atoms with E-state index in [4.69, 9.17) is 4.74 Å². The first kappa shape index (κ1) is 11.9. The molecule has 1 aliphatic heterocycles. The third-order valence-electron chi connectivity index (χ3n) is 6.64. The van der Waals surface area contributed by atoms with Crippen LogP contribution in [0.3, 0.4) is 0 Å². The zero-order chi connectivity index (χ0) is 13.6. The minimum absolute atomic E-state index is 0.103. The Labute approximate surface area is 112 Å². The van der Waals surface area contributed by atoms with Gasteiger partial charge in [-0.2, -0.15) is 0 Å². The first-order chi connectivity index (χ1) is 8.83. The second-order valence-corrected chi connectivity index (χ2v) is 7.64. The zero-order valence-electron chi connectivity index (χ0n) is 11.4. The molecule has 0 amide bonds. The van der Waals surface area contributed by atoms with Crippen molar-refractivity contribution in [1.29, 1.82) is 0 Å². The van der Waals surface area contributed by atoms with Gasteiger partial charge in [-0.3, -0.25) is 4.79 Å². The number of hydrogen-bond acceptors (Lipinski definition) is 4. The Balaban J connectivity index is 1.95. The van der Waals surface area contributed by atoms with Crippen LogP contribution in [0.25, 0.3) is 0 Å². The van der Waals surface area contributed by atoms with E-state index in [-0.39, 0.29) is 29.6 Å². The first-order valence-corrected chi connectivity index (χ1v) is 7.25. The third-order valence-corrected chi connectivity index (χ3v) is 6.64. The van der Waals surface area contributed by atoms with Crippen molar-refractivity contribution in [3.05, 3.63) is 0 Å². The van der Waals surface area contributed by atoms with Gasteiger partial charge in [-0.05, 0) is 36.5 Å². The summed E-state index contributed by atoms with van der Waals surface area (Å²) in [6.45, 7) is 4.62. The summed E-state index contributed by atoms with van der Waals surface area (Å²) in [6, 6.07) is 0. The highest BCUT2D eigenvalue weighted by molar-refractivity contribution is 5.92. The summed E-state index contributed by atoms with van der Waals surface area (Å²) in [5.41, 5.74) is -1.85. The molecule has 1 heterocycles. The monoisotopic (exact) mass is 264 g/mol. The van der Waals surface area contributed by atoms with Gasteiger partial charge >= 0.3 is 5.97 Å². The van der Waals surface area contributed by atoms with Crippen LogP contribution >= 0.6 is 0 Å². The van der Waals surface area contributed by atoms with Crippen LogP contribution in [0, 0.1) is 28.6 Å². The minimum atomic E-state index is -1.42. The Kier molecular flexibility index (Phi) is 1.91. The maximum absolute atomic E-state index is 12.3. The van der Waals surface area contributed by atoms with Crippen LogP contribution in [0.1, 0.15) is 39.5 Å². The van der Waals surface area contributed by atoms with Gasteiger partial charge in [0, 0.05) is 11.8 Å². The molecule has 5 atom stereocenters. The van der Waals surface area contributed by atoms with E-state index >= 15 is 0 Å². The molecule has 4 aliphatic rings. The molecular weight excluding hydrogens is 244 g/mol. The number of ketones is 1. The Morgan fingerprint density at radius 1 is 1.26 bits per heavy atom. The summed E-state index contributed by atoms with van der Waals surface area (Å²) in [7, 11) is 0. The Morgan fingerprint density at radius 3 is 2.74 bits per heavy atom. The van der Waals surface area contributed by atoms with Crippen LogP contribution in [0.2, 0.25) is 0 Å². The van der Waals surface area contributed by atoms with Gasteiger partial charge in [0.15, 0.2) is 5.60 Å². The van der Waals surface area contributed by atoms with Crippen LogP contribution in [0.4, 0.5) is 0 Å². The van der Waals surface area contributed by atoms with E-state index in [1.807, 2.05) is 0 Å². The van der Waals surface area contributed by atoms with Crippen molar-refractivity contribution in [3.63, 3.8) is 0 Å². The summed E-state index contributed by atoms with van der Waals surface area (Å²) in [5.74, 6) is 0.0573. The van der Waals surface area contributed by atoms with Gasteiger partial charge in [-0.15, -0.1) is 0 Å². The number of carbonyl (C=O) groups excluding carboxylic acids is 2. The van der Waals surface area contributed by atoms with Crippen LogP contribution in [-0.4, -0.2) is 29.1 Å². The molecule has 4 fully saturated rings. The van der Waals surface area contributed by atoms with Crippen molar-refractivity contribution < 1.29 is 19.4 Å². The van der Waals surface area contributed by atoms with Crippen molar-refractivity contribution in [2.45, 2.75) is 45.1 Å². The normalized spacial score (nSPS) is 53.9. The predicted molar refractivity (Wildman–Crippen MR) is 66.1 cm³/mol. The molecule has 3 saturated carbocycles. The lowest BCUT2D eigenvalue weighted by atomic mass is 9.55. The number of esters is 1. The van der Waals surface area contributed by atoms with E-state index in [0.717, 1.165) is 12.8 Å². The second-order valence-electron chi connectivity index (χ2n) is 7.64. The largest absolute Gasteiger partial charge is 0.463 e. The molecule has 1 N–H and O–H groups in total. The van der Waals surface area contributed by atoms with Crippen LogP contribution in [-0.2, 0) is 14.3 Å². The van der Waals surface area contributed by atoms with Crippen molar-refractivity contribution in [2.75, 3.05) is 6.61 Å². The maximum atomic E-state index is 12.3. The van der Waals surface area contributed by atoms with Crippen LogP contribution in [0.5, 0.6) is 0 Å². The number of Topliss-reactive ketones (excluding diaryl/α,β-unsaturated/α-hetero) is 1. The molecule has 4 nitrogen and oxygen atoms in total. The topological polar surface area (TPSA) is 63.6 Å². The van der Waals surface area contributed by atoms with Gasteiger partial charge < -0.3 is 9.84 Å². The molecule has 1 spiro atoms. The van der Waals surface area contributed by atoms with Crippen molar-refractivity contribution >= 4 is 11.8 Å². The lowest BCUT2D eigenvalue weighted by Crippen LogP contribution is -2.64. The van der Waals surface area contributed by atoms with E-state index < -0.39 is 17.0 Å². The molecule has 1 saturated heterocycles. The molecule has 0 unspecified atom stereocenters. The molecule has 4 rings (SSSR count). The zero-order valence-corrected chi connectivity index (χ0v) is 11.4. The molecular formula is C15H20O4. The average molecular weight is 264 g/mol.